The molecule has 1 aliphatic carbocycles. The SMILES string of the molecule is Cc1nc(-c2nnc(C(F)F)s2)c2cc(S(=O)(=O)NC3(C)CC3)cc(N3C[C@H](C)NC[C@H]3C)c2n1. The second-order valence-electron chi connectivity index (χ2n) is 9.68. The Morgan fingerprint density at radius 2 is 1.97 bits per heavy atom. The minimum Gasteiger partial charge on any atom is -0.364 e. The second kappa shape index (κ2) is 8.64. The fourth-order valence-electron chi connectivity index (χ4n) is 4.29. The van der Waals surface area contributed by atoms with Crippen molar-refractivity contribution in [2.45, 2.75) is 69.5 Å². The van der Waals surface area contributed by atoms with E-state index in [1.54, 1.807) is 13.0 Å². The van der Waals surface area contributed by atoms with Crippen LogP contribution in [-0.4, -0.2) is 59.3 Å². The maximum absolute atomic E-state index is 13.4. The van der Waals surface area contributed by atoms with Crippen LogP contribution < -0.4 is 14.9 Å². The van der Waals surface area contributed by atoms with Gasteiger partial charge in [0, 0.05) is 36.1 Å². The molecule has 2 fully saturated rings. The number of rotatable bonds is 6. The number of benzene rings is 1. The lowest BCUT2D eigenvalue weighted by Crippen LogP contribution is -2.54. The van der Waals surface area contributed by atoms with Gasteiger partial charge in [0.2, 0.25) is 10.0 Å². The Labute approximate surface area is 206 Å². The molecular weight excluding hydrogens is 496 g/mol. The normalized spacial score (nSPS) is 22.2. The van der Waals surface area contributed by atoms with E-state index < -0.39 is 27.0 Å². The largest absolute Gasteiger partial charge is 0.364 e. The topological polar surface area (TPSA) is 113 Å². The lowest BCUT2D eigenvalue weighted by molar-refractivity contribution is 0.150. The molecule has 5 rings (SSSR count). The predicted octanol–water partition coefficient (Wildman–Crippen LogP) is 3.41. The molecule has 0 bridgehead atoms. The first-order chi connectivity index (χ1) is 16.5. The standard InChI is InChI=1S/C22H27F2N7O2S2/c1-11-10-31(12(2)9-25-11)16-8-14(35(32,33)30-22(4)5-6-22)7-15-17(16)26-13(3)27-18(15)20-28-29-21(34-20)19(23)24/h7-8,11-12,19,25,30H,5-6,9-10H2,1-4H3/t11-,12+/m0/s1. The molecule has 35 heavy (non-hydrogen) atoms. The fourth-order valence-corrected chi connectivity index (χ4v) is 6.50. The molecule has 3 heterocycles. The van der Waals surface area contributed by atoms with Gasteiger partial charge in [-0.15, -0.1) is 10.2 Å². The van der Waals surface area contributed by atoms with Crippen LogP contribution >= 0.6 is 11.3 Å². The van der Waals surface area contributed by atoms with Crippen LogP contribution in [0.15, 0.2) is 17.0 Å². The molecule has 1 aliphatic heterocycles. The maximum Gasteiger partial charge on any atom is 0.291 e. The van der Waals surface area contributed by atoms with E-state index in [9.17, 15) is 17.2 Å². The molecule has 3 aromatic rings. The first kappa shape index (κ1) is 24.3. The zero-order valence-electron chi connectivity index (χ0n) is 19.8. The summed E-state index contributed by atoms with van der Waals surface area (Å²) in [4.78, 5) is 11.4. The molecule has 0 unspecified atom stereocenters. The minimum atomic E-state index is -3.86. The molecule has 188 valence electrons. The quantitative estimate of drug-likeness (QED) is 0.506. The van der Waals surface area contributed by atoms with Crippen LogP contribution in [0.25, 0.3) is 21.6 Å². The van der Waals surface area contributed by atoms with Gasteiger partial charge in [0.05, 0.1) is 16.1 Å². The molecular formula is C22H27F2N7O2S2. The number of halogens is 2. The van der Waals surface area contributed by atoms with Gasteiger partial charge in [0.1, 0.15) is 11.5 Å². The Kier molecular flexibility index (Phi) is 6.01. The number of piperazine rings is 1. The van der Waals surface area contributed by atoms with Gasteiger partial charge >= 0.3 is 0 Å². The Morgan fingerprint density at radius 1 is 1.23 bits per heavy atom. The second-order valence-corrected chi connectivity index (χ2v) is 12.4. The number of hydrogen-bond donors (Lipinski definition) is 2. The molecule has 2 atom stereocenters. The molecule has 0 amide bonds. The van der Waals surface area contributed by atoms with Gasteiger partial charge in [0.15, 0.2) is 10.0 Å². The van der Waals surface area contributed by atoms with Crippen molar-refractivity contribution in [3.63, 3.8) is 0 Å². The van der Waals surface area contributed by atoms with Crippen molar-refractivity contribution < 1.29 is 17.2 Å². The fraction of sp³-hybridized carbons (Fsp3) is 0.545. The molecule has 1 saturated carbocycles. The number of anilines is 1. The molecule has 2 aliphatic rings. The van der Waals surface area contributed by atoms with Crippen LogP contribution in [0.4, 0.5) is 14.5 Å². The molecule has 2 aromatic heterocycles. The number of nitrogens with one attached hydrogen (secondary N) is 2. The van der Waals surface area contributed by atoms with Gasteiger partial charge in [-0.3, -0.25) is 0 Å². The third-order valence-electron chi connectivity index (χ3n) is 6.46. The number of alkyl halides is 2. The maximum atomic E-state index is 13.4. The zero-order chi connectivity index (χ0) is 25.1. The molecule has 13 heteroatoms. The average molecular weight is 524 g/mol. The third-order valence-corrected chi connectivity index (χ3v) is 9.02. The summed E-state index contributed by atoms with van der Waals surface area (Å²) in [5.74, 6) is 0.428. The Bertz CT molecular complexity index is 1390. The van der Waals surface area contributed by atoms with Crippen LogP contribution in [0.1, 0.15) is 50.9 Å². The van der Waals surface area contributed by atoms with Crippen molar-refractivity contribution in [2.75, 3.05) is 18.0 Å². The van der Waals surface area contributed by atoms with E-state index in [2.05, 4.69) is 49.0 Å². The smallest absolute Gasteiger partial charge is 0.291 e. The lowest BCUT2D eigenvalue weighted by atomic mass is 10.1. The molecule has 9 nitrogen and oxygen atoms in total. The highest BCUT2D eigenvalue weighted by molar-refractivity contribution is 7.89. The van der Waals surface area contributed by atoms with Gasteiger partial charge in [-0.1, -0.05) is 11.3 Å². The van der Waals surface area contributed by atoms with Gasteiger partial charge in [-0.25, -0.2) is 31.9 Å². The minimum absolute atomic E-state index is 0.0759. The van der Waals surface area contributed by atoms with Gasteiger partial charge < -0.3 is 10.2 Å². The number of aromatic nitrogens is 4. The van der Waals surface area contributed by atoms with Crippen molar-refractivity contribution in [1.82, 2.24) is 30.2 Å². The molecule has 1 aromatic carbocycles. The van der Waals surface area contributed by atoms with Crippen LogP contribution in [0.2, 0.25) is 0 Å². The Hall–Kier alpha value is -2.35. The number of sulfonamides is 1. The van der Waals surface area contributed by atoms with E-state index in [0.29, 0.717) is 34.7 Å². The van der Waals surface area contributed by atoms with E-state index in [1.807, 2.05) is 6.92 Å². The molecule has 0 spiro atoms. The summed E-state index contributed by atoms with van der Waals surface area (Å²) in [6.45, 7) is 9.09. The van der Waals surface area contributed by atoms with Gasteiger partial charge in [0.25, 0.3) is 6.43 Å². The monoisotopic (exact) mass is 523 g/mol. The molecule has 0 radical (unpaired) electrons. The predicted molar refractivity (Wildman–Crippen MR) is 130 cm³/mol. The number of hydrogen-bond acceptors (Lipinski definition) is 9. The highest BCUT2D eigenvalue weighted by Gasteiger charge is 2.41. The third kappa shape index (κ3) is 4.74. The van der Waals surface area contributed by atoms with Crippen molar-refractivity contribution >= 4 is 38.0 Å². The van der Waals surface area contributed by atoms with E-state index in [4.69, 9.17) is 0 Å². The van der Waals surface area contributed by atoms with E-state index in [1.165, 1.54) is 6.07 Å². The summed E-state index contributed by atoms with van der Waals surface area (Å²) in [5, 5.41) is 11.2. The highest BCUT2D eigenvalue weighted by atomic mass is 32.2. The Balaban J connectivity index is 1.76. The van der Waals surface area contributed by atoms with Crippen molar-refractivity contribution in [2.24, 2.45) is 0 Å². The van der Waals surface area contributed by atoms with Crippen LogP contribution in [-0.2, 0) is 10.0 Å². The first-order valence-electron chi connectivity index (χ1n) is 11.4. The van der Waals surface area contributed by atoms with Crippen molar-refractivity contribution in [3.05, 3.63) is 23.0 Å². The van der Waals surface area contributed by atoms with Crippen LogP contribution in [0.5, 0.6) is 0 Å². The Morgan fingerprint density at radius 3 is 2.63 bits per heavy atom. The summed E-state index contributed by atoms with van der Waals surface area (Å²) in [6.07, 6.45) is -1.21. The molecule has 1 saturated heterocycles. The van der Waals surface area contributed by atoms with Crippen LogP contribution in [0, 0.1) is 6.92 Å². The van der Waals surface area contributed by atoms with Crippen molar-refractivity contribution in [3.8, 4) is 10.7 Å². The highest BCUT2D eigenvalue weighted by Crippen LogP contribution is 2.40. The van der Waals surface area contributed by atoms with Gasteiger partial charge in [-0.05, 0) is 52.7 Å². The van der Waals surface area contributed by atoms with E-state index >= 15 is 0 Å². The number of nitrogens with zero attached hydrogens (tertiary/aromatic N) is 5. The van der Waals surface area contributed by atoms with E-state index in [0.717, 1.165) is 30.7 Å². The van der Waals surface area contributed by atoms with Gasteiger partial charge in [-0.2, -0.15) is 0 Å². The summed E-state index contributed by atoms with van der Waals surface area (Å²) >= 11 is 0.742. The first-order valence-corrected chi connectivity index (χ1v) is 13.7. The van der Waals surface area contributed by atoms with Crippen molar-refractivity contribution in [1.29, 1.82) is 0 Å². The van der Waals surface area contributed by atoms with Crippen LogP contribution in [0.3, 0.4) is 0 Å². The lowest BCUT2D eigenvalue weighted by Gasteiger charge is -2.39. The number of aryl methyl sites for hydroxylation is 1. The number of fused-ring (bicyclic) bond motifs is 1. The summed E-state index contributed by atoms with van der Waals surface area (Å²) in [5.41, 5.74) is 1.06. The molecule has 2 N–H and O–H groups in total. The summed E-state index contributed by atoms with van der Waals surface area (Å²) in [7, 11) is -3.86. The zero-order valence-corrected chi connectivity index (χ0v) is 21.5. The summed E-state index contributed by atoms with van der Waals surface area (Å²) < 4.78 is 56.1. The summed E-state index contributed by atoms with van der Waals surface area (Å²) in [6, 6.07) is 3.43. The van der Waals surface area contributed by atoms with E-state index in [-0.39, 0.29) is 22.0 Å². The average Bonchev–Trinajstić information content (AvgIpc) is 3.30.